The third kappa shape index (κ3) is 6.38. The number of allylic oxidation sites excluding steroid dienone is 8. The summed E-state index contributed by atoms with van der Waals surface area (Å²) in [6.45, 7) is 13.6. The third-order valence-electron chi connectivity index (χ3n) is 11.3. The van der Waals surface area contributed by atoms with Crippen LogP contribution in [0.5, 0.6) is 0 Å². The summed E-state index contributed by atoms with van der Waals surface area (Å²) in [6.07, 6.45) is 15.6. The van der Waals surface area contributed by atoms with Gasteiger partial charge >= 0.3 is 0 Å². The Hall–Kier alpha value is -4.04. The molecule has 0 spiro atoms. The van der Waals surface area contributed by atoms with Crippen molar-refractivity contribution in [1.82, 2.24) is 0 Å². The van der Waals surface area contributed by atoms with Crippen LogP contribution in [0.25, 0.3) is 21.5 Å². The lowest BCUT2D eigenvalue weighted by Crippen LogP contribution is -2.28. The molecule has 2 aliphatic heterocycles. The van der Waals surface area contributed by atoms with Crippen LogP contribution in [0.3, 0.4) is 0 Å². The summed E-state index contributed by atoms with van der Waals surface area (Å²) in [5.74, 6) is 0.821. The van der Waals surface area contributed by atoms with E-state index in [0.29, 0.717) is 0 Å². The van der Waals surface area contributed by atoms with E-state index in [0.717, 1.165) is 62.4 Å². The number of rotatable bonds is 10. The van der Waals surface area contributed by atoms with Crippen LogP contribution in [0.4, 0.5) is 11.4 Å². The van der Waals surface area contributed by atoms with Gasteiger partial charge in [0, 0.05) is 58.3 Å². The number of halogens is 1. The van der Waals surface area contributed by atoms with E-state index in [2.05, 4.69) is 147 Å². The molecule has 0 bridgehead atoms. The first-order chi connectivity index (χ1) is 24.7. The van der Waals surface area contributed by atoms with Gasteiger partial charge in [0.25, 0.3) is 0 Å². The highest BCUT2D eigenvalue weighted by Gasteiger charge is 2.45. The van der Waals surface area contributed by atoms with E-state index in [9.17, 15) is 0 Å². The van der Waals surface area contributed by atoms with Gasteiger partial charge in [-0.25, -0.2) is 0 Å². The Balaban J connectivity index is 1.25. The summed E-state index contributed by atoms with van der Waals surface area (Å²) >= 11 is 8.67. The first-order valence-electron chi connectivity index (χ1n) is 18.6. The molecule has 0 saturated heterocycles. The number of anilines is 1. The number of fused-ring (bicyclic) bond motifs is 6. The molecule has 0 radical (unpaired) electrons. The van der Waals surface area contributed by atoms with E-state index in [1.807, 2.05) is 0 Å². The predicted molar refractivity (Wildman–Crippen MR) is 221 cm³/mol. The molecule has 0 aromatic heterocycles. The minimum atomic E-state index is -0.185. The van der Waals surface area contributed by atoms with Crippen molar-refractivity contribution < 1.29 is 4.58 Å². The van der Waals surface area contributed by atoms with Gasteiger partial charge in [0.2, 0.25) is 5.69 Å². The number of hydrogen-bond donors (Lipinski definition) is 0. The highest BCUT2D eigenvalue weighted by Crippen LogP contribution is 2.51. The van der Waals surface area contributed by atoms with Crippen LogP contribution in [0.2, 0.25) is 0 Å². The monoisotopic (exact) mass is 710 g/mol. The Kier molecular flexibility index (Phi) is 10.1. The van der Waals surface area contributed by atoms with E-state index in [1.54, 1.807) is 0 Å². The Morgan fingerprint density at radius 1 is 0.843 bits per heavy atom. The van der Waals surface area contributed by atoms with Crippen molar-refractivity contribution in [3.63, 3.8) is 0 Å². The van der Waals surface area contributed by atoms with Crippen LogP contribution < -0.4 is 4.90 Å². The van der Waals surface area contributed by atoms with Gasteiger partial charge in [0.1, 0.15) is 11.9 Å². The summed E-state index contributed by atoms with van der Waals surface area (Å²) in [6, 6.07) is 26.7. The fraction of sp³-hybridized carbons (Fsp3) is 0.348. The van der Waals surface area contributed by atoms with Gasteiger partial charge in [-0.2, -0.15) is 9.84 Å². The van der Waals surface area contributed by atoms with Gasteiger partial charge in [-0.3, -0.25) is 0 Å². The van der Waals surface area contributed by atoms with Crippen LogP contribution in [-0.2, 0) is 10.8 Å². The number of nitrogens with zero attached hydrogens (tertiary/aromatic N) is 3. The number of nitriles is 1. The van der Waals surface area contributed by atoms with Gasteiger partial charge < -0.3 is 4.90 Å². The smallest absolute Gasteiger partial charge is 0.210 e. The molecular weight excluding hydrogens is 662 g/mol. The second kappa shape index (κ2) is 14.5. The van der Waals surface area contributed by atoms with Gasteiger partial charge in [0.05, 0.1) is 5.41 Å². The zero-order chi connectivity index (χ0) is 35.8. The minimum Gasteiger partial charge on any atom is -0.344 e. The Labute approximate surface area is 313 Å². The molecule has 0 amide bonds. The lowest BCUT2D eigenvalue weighted by Gasteiger charge is -2.27. The SMILES string of the molecule is CCCCN1/C(=C/C=C2CCCC(/C=C/C3=[N+](CCCSC#N)c4ccc5ccccc5c4C3(C)C)=C2Cl)C(C)(C)c2c1ccc1ccccc21. The number of hydrogen-bond acceptors (Lipinski definition) is 3. The van der Waals surface area contributed by atoms with Crippen molar-refractivity contribution in [2.45, 2.75) is 84.0 Å². The molecule has 0 unspecified atom stereocenters. The van der Waals surface area contributed by atoms with Crippen LogP contribution in [0.15, 0.2) is 119 Å². The molecule has 0 N–H and O–H groups in total. The maximum absolute atomic E-state index is 9.15. The number of unbranched alkanes of at least 4 members (excludes halogenated alkanes) is 1. The standard InChI is InChI=1S/C46H49ClN3S/c1-6-7-28-49-38-24-20-32-14-8-10-18-36(32)42(38)45(2,3)40(49)26-22-34-16-12-17-35(44(34)47)23-27-41-46(4,5)43-37-19-11-9-15-33(37)21-25-39(43)50(41)29-13-30-51-31-48/h8-11,14-15,18-27H,6-7,12-13,16-17,28-30H2,1-5H3/q+1. The predicted octanol–water partition coefficient (Wildman–Crippen LogP) is 12.6. The summed E-state index contributed by atoms with van der Waals surface area (Å²) < 4.78 is 2.49. The van der Waals surface area contributed by atoms with Crippen molar-refractivity contribution in [2.75, 3.05) is 23.7 Å². The lowest BCUT2D eigenvalue weighted by atomic mass is 9.78. The Morgan fingerprint density at radius 2 is 1.55 bits per heavy atom. The van der Waals surface area contributed by atoms with Crippen LogP contribution in [-0.4, -0.2) is 29.1 Å². The highest BCUT2D eigenvalue weighted by atomic mass is 35.5. The van der Waals surface area contributed by atoms with Crippen molar-refractivity contribution in [3.05, 3.63) is 130 Å². The summed E-state index contributed by atoms with van der Waals surface area (Å²) in [4.78, 5) is 2.56. The van der Waals surface area contributed by atoms with E-state index in [-0.39, 0.29) is 10.8 Å². The quantitative estimate of drug-likeness (QED) is 0.0932. The van der Waals surface area contributed by atoms with Gasteiger partial charge in [0.15, 0.2) is 5.71 Å². The van der Waals surface area contributed by atoms with Crippen LogP contribution >= 0.6 is 23.4 Å². The molecule has 7 rings (SSSR count). The van der Waals surface area contributed by atoms with Gasteiger partial charge in [-0.1, -0.05) is 106 Å². The average molecular weight is 711 g/mol. The fourth-order valence-corrected chi connectivity index (χ4v) is 9.46. The second-order valence-electron chi connectivity index (χ2n) is 15.2. The van der Waals surface area contributed by atoms with Gasteiger partial charge in [-0.15, -0.1) is 0 Å². The third-order valence-corrected chi connectivity index (χ3v) is 12.4. The van der Waals surface area contributed by atoms with E-state index >= 15 is 0 Å². The second-order valence-corrected chi connectivity index (χ2v) is 16.5. The minimum absolute atomic E-state index is 0.131. The Bertz CT molecular complexity index is 2210. The fourth-order valence-electron chi connectivity index (χ4n) is 8.78. The maximum Gasteiger partial charge on any atom is 0.210 e. The number of thioether (sulfide) groups is 1. The molecule has 2 heterocycles. The Morgan fingerprint density at radius 3 is 2.27 bits per heavy atom. The van der Waals surface area contributed by atoms with Crippen LogP contribution in [0.1, 0.15) is 84.3 Å². The van der Waals surface area contributed by atoms with Crippen molar-refractivity contribution >= 4 is 62.0 Å². The number of benzene rings is 4. The summed E-state index contributed by atoms with van der Waals surface area (Å²) in [7, 11) is 0. The van der Waals surface area contributed by atoms with Crippen molar-refractivity contribution in [2.24, 2.45) is 0 Å². The maximum atomic E-state index is 9.15. The molecule has 3 aliphatic rings. The first-order valence-corrected chi connectivity index (χ1v) is 20.0. The van der Waals surface area contributed by atoms with Crippen LogP contribution in [0, 0.1) is 10.7 Å². The number of thiocyanates is 1. The lowest BCUT2D eigenvalue weighted by molar-refractivity contribution is -0.437. The van der Waals surface area contributed by atoms with Crippen molar-refractivity contribution in [1.29, 1.82) is 5.26 Å². The molecule has 260 valence electrons. The molecule has 0 atom stereocenters. The molecular formula is C46H49ClN3S+. The largest absolute Gasteiger partial charge is 0.344 e. The topological polar surface area (TPSA) is 30.0 Å². The zero-order valence-corrected chi connectivity index (χ0v) is 32.3. The molecule has 5 heteroatoms. The molecule has 51 heavy (non-hydrogen) atoms. The average Bonchev–Trinajstić information content (AvgIpc) is 3.49. The van der Waals surface area contributed by atoms with E-state index < -0.39 is 0 Å². The van der Waals surface area contributed by atoms with Crippen molar-refractivity contribution in [3.8, 4) is 5.40 Å². The molecule has 0 fully saturated rings. The summed E-state index contributed by atoms with van der Waals surface area (Å²) in [5, 5.41) is 17.5. The first kappa shape index (κ1) is 35.4. The molecule has 4 aromatic carbocycles. The zero-order valence-electron chi connectivity index (χ0n) is 30.7. The normalized spacial score (nSPS) is 19.6. The highest BCUT2D eigenvalue weighted by molar-refractivity contribution is 8.03. The molecule has 4 aromatic rings. The summed E-state index contributed by atoms with van der Waals surface area (Å²) in [5.41, 5.74) is 10.2. The van der Waals surface area contributed by atoms with E-state index in [4.69, 9.17) is 16.9 Å². The molecule has 1 aliphatic carbocycles. The molecule has 3 nitrogen and oxygen atoms in total. The van der Waals surface area contributed by atoms with E-state index in [1.165, 1.54) is 78.4 Å². The van der Waals surface area contributed by atoms with Gasteiger partial charge in [-0.05, 0) is 108 Å². The molecule has 0 saturated carbocycles.